The molecule has 1 fully saturated rings. The van der Waals surface area contributed by atoms with Gasteiger partial charge in [-0.3, -0.25) is 4.79 Å². The van der Waals surface area contributed by atoms with E-state index in [0.29, 0.717) is 18.7 Å². The molecule has 0 spiro atoms. The Kier molecular flexibility index (Phi) is 3.78. The Morgan fingerprint density at radius 2 is 1.73 bits per heavy atom. The van der Waals surface area contributed by atoms with E-state index in [0.717, 1.165) is 5.69 Å². The molecule has 116 valence electrons. The molecule has 0 N–H and O–H groups in total. The summed E-state index contributed by atoms with van der Waals surface area (Å²) in [6, 6.07) is 11.2. The molecule has 22 heavy (non-hydrogen) atoms. The van der Waals surface area contributed by atoms with Gasteiger partial charge in [0.05, 0.1) is 5.25 Å². The van der Waals surface area contributed by atoms with Gasteiger partial charge in [-0.05, 0) is 36.4 Å². The van der Waals surface area contributed by atoms with Crippen molar-refractivity contribution < 1.29 is 13.2 Å². The maximum Gasteiger partial charge on any atom is 0.253 e. The Hall–Kier alpha value is -2.08. The number of carbonyl (C=O) groups is 1. The first kappa shape index (κ1) is 14.8. The van der Waals surface area contributed by atoms with Crippen molar-refractivity contribution in [2.45, 2.75) is 12.2 Å². The van der Waals surface area contributed by atoms with Crippen LogP contribution in [0.15, 0.2) is 48.8 Å². The van der Waals surface area contributed by atoms with E-state index in [1.165, 1.54) is 0 Å². The molecule has 1 aromatic heterocycles. The van der Waals surface area contributed by atoms with E-state index < -0.39 is 15.1 Å². The lowest BCUT2D eigenvalue weighted by Crippen LogP contribution is -2.57. The Morgan fingerprint density at radius 1 is 1.14 bits per heavy atom. The molecular weight excluding hydrogens is 300 g/mol. The number of sulfone groups is 1. The van der Waals surface area contributed by atoms with Gasteiger partial charge in [-0.25, -0.2) is 8.42 Å². The number of benzene rings is 1. The predicted octanol–water partition coefficient (Wildman–Crippen LogP) is 1.74. The minimum Gasteiger partial charge on any atom is -0.336 e. The van der Waals surface area contributed by atoms with Crippen molar-refractivity contribution in [1.29, 1.82) is 0 Å². The predicted molar refractivity (Wildman–Crippen MR) is 84.9 cm³/mol. The van der Waals surface area contributed by atoms with Crippen LogP contribution in [0.2, 0.25) is 0 Å². The maximum atomic E-state index is 12.3. The number of carbonyl (C=O) groups excluding carboxylic acids is 1. The molecule has 1 aliphatic heterocycles. The van der Waals surface area contributed by atoms with Crippen LogP contribution in [0.25, 0.3) is 5.69 Å². The van der Waals surface area contributed by atoms with E-state index in [-0.39, 0.29) is 11.7 Å². The summed E-state index contributed by atoms with van der Waals surface area (Å²) >= 11 is 0. The van der Waals surface area contributed by atoms with Crippen molar-refractivity contribution >= 4 is 15.7 Å². The lowest BCUT2D eigenvalue weighted by Gasteiger charge is -2.38. The Labute approximate surface area is 130 Å². The van der Waals surface area contributed by atoms with Crippen molar-refractivity contribution in [1.82, 2.24) is 9.47 Å². The monoisotopic (exact) mass is 318 g/mol. The third-order valence-electron chi connectivity index (χ3n) is 4.06. The average molecular weight is 318 g/mol. The van der Waals surface area contributed by atoms with Crippen molar-refractivity contribution in [3.05, 3.63) is 54.4 Å². The summed E-state index contributed by atoms with van der Waals surface area (Å²) in [5.41, 5.74) is 1.57. The molecule has 1 saturated heterocycles. The summed E-state index contributed by atoms with van der Waals surface area (Å²) in [6.07, 6.45) is 3.87. The topological polar surface area (TPSA) is 59.4 Å². The fraction of sp³-hybridized carbons (Fsp3) is 0.312. The second kappa shape index (κ2) is 5.61. The third kappa shape index (κ3) is 2.66. The van der Waals surface area contributed by atoms with Gasteiger partial charge in [-0.2, -0.15) is 0 Å². The normalized spacial score (nSPS) is 15.6. The van der Waals surface area contributed by atoms with Gasteiger partial charge in [0.25, 0.3) is 5.91 Å². The molecule has 0 bridgehead atoms. The number of likely N-dealkylation sites (tertiary alicyclic amines) is 1. The van der Waals surface area contributed by atoms with Crippen LogP contribution in [0.1, 0.15) is 17.3 Å². The zero-order valence-electron chi connectivity index (χ0n) is 12.3. The molecule has 5 nitrogen and oxygen atoms in total. The summed E-state index contributed by atoms with van der Waals surface area (Å²) in [7, 11) is -3.04. The highest BCUT2D eigenvalue weighted by atomic mass is 32.2. The van der Waals surface area contributed by atoms with Crippen molar-refractivity contribution in [3.8, 4) is 5.69 Å². The van der Waals surface area contributed by atoms with Crippen LogP contribution in [-0.4, -0.2) is 47.9 Å². The molecule has 0 atom stereocenters. The molecule has 1 aromatic carbocycles. The smallest absolute Gasteiger partial charge is 0.253 e. The molecule has 0 radical (unpaired) electrons. The van der Waals surface area contributed by atoms with Gasteiger partial charge in [0.2, 0.25) is 0 Å². The van der Waals surface area contributed by atoms with E-state index in [1.807, 2.05) is 41.2 Å². The summed E-state index contributed by atoms with van der Waals surface area (Å²) in [6.45, 7) is 2.24. The van der Waals surface area contributed by atoms with Gasteiger partial charge in [0.15, 0.2) is 9.84 Å². The SMILES string of the molecule is CCS(=O)(=O)C1CN(C(=O)c2ccc(-n3cccc3)cc2)C1. The molecule has 1 amide bonds. The van der Waals surface area contributed by atoms with Crippen LogP contribution in [0, 0.1) is 0 Å². The van der Waals surface area contributed by atoms with Gasteiger partial charge in [-0.15, -0.1) is 0 Å². The van der Waals surface area contributed by atoms with Crippen LogP contribution in [0.4, 0.5) is 0 Å². The molecule has 2 aromatic rings. The first-order valence-electron chi connectivity index (χ1n) is 7.25. The first-order valence-corrected chi connectivity index (χ1v) is 8.97. The lowest BCUT2D eigenvalue weighted by atomic mass is 10.1. The number of aromatic nitrogens is 1. The zero-order valence-corrected chi connectivity index (χ0v) is 13.2. The molecule has 1 aliphatic rings. The standard InChI is InChI=1S/C16H18N2O3S/c1-2-22(20,21)15-11-18(12-15)16(19)13-5-7-14(8-6-13)17-9-3-4-10-17/h3-10,15H,2,11-12H2,1H3. The quantitative estimate of drug-likeness (QED) is 0.863. The molecule has 6 heteroatoms. The van der Waals surface area contributed by atoms with E-state index in [9.17, 15) is 13.2 Å². The molecular formula is C16H18N2O3S. The lowest BCUT2D eigenvalue weighted by molar-refractivity contribution is 0.0659. The summed E-state index contributed by atoms with van der Waals surface area (Å²) in [4.78, 5) is 13.9. The molecule has 3 rings (SSSR count). The summed E-state index contributed by atoms with van der Waals surface area (Å²) in [5, 5.41) is -0.402. The van der Waals surface area contributed by atoms with Crippen molar-refractivity contribution in [2.75, 3.05) is 18.8 Å². The Balaban J connectivity index is 1.67. The second-order valence-electron chi connectivity index (χ2n) is 5.42. The minimum atomic E-state index is -3.04. The van der Waals surface area contributed by atoms with Gasteiger partial charge in [0, 0.05) is 42.5 Å². The summed E-state index contributed by atoms with van der Waals surface area (Å²) < 4.78 is 25.4. The fourth-order valence-corrected chi connectivity index (χ4v) is 3.82. The molecule has 0 unspecified atom stereocenters. The van der Waals surface area contributed by atoms with E-state index in [4.69, 9.17) is 0 Å². The number of rotatable bonds is 4. The highest BCUT2D eigenvalue weighted by molar-refractivity contribution is 7.92. The highest BCUT2D eigenvalue weighted by Gasteiger charge is 2.38. The minimum absolute atomic E-state index is 0.110. The van der Waals surface area contributed by atoms with Gasteiger partial charge in [0.1, 0.15) is 0 Å². The third-order valence-corrected chi connectivity index (χ3v) is 6.18. The largest absolute Gasteiger partial charge is 0.336 e. The van der Waals surface area contributed by atoms with Gasteiger partial charge < -0.3 is 9.47 Å². The average Bonchev–Trinajstić information content (AvgIpc) is 2.99. The van der Waals surface area contributed by atoms with E-state index >= 15 is 0 Å². The number of hydrogen-bond acceptors (Lipinski definition) is 3. The van der Waals surface area contributed by atoms with Crippen LogP contribution in [-0.2, 0) is 9.84 Å². The molecule has 0 aliphatic carbocycles. The van der Waals surface area contributed by atoms with Gasteiger partial charge in [-0.1, -0.05) is 6.92 Å². The van der Waals surface area contributed by atoms with E-state index in [1.54, 1.807) is 24.0 Å². The summed E-state index contributed by atoms with van der Waals surface area (Å²) in [5.74, 6) is 0.0206. The number of hydrogen-bond donors (Lipinski definition) is 0. The first-order chi connectivity index (χ1) is 10.5. The Morgan fingerprint density at radius 3 is 2.27 bits per heavy atom. The molecule has 2 heterocycles. The van der Waals surface area contributed by atoms with Crippen LogP contribution in [0.5, 0.6) is 0 Å². The molecule has 0 saturated carbocycles. The fourth-order valence-electron chi connectivity index (χ4n) is 2.53. The number of nitrogens with zero attached hydrogens (tertiary/aromatic N) is 2. The second-order valence-corrected chi connectivity index (χ2v) is 7.99. The number of amides is 1. The zero-order chi connectivity index (χ0) is 15.7. The highest BCUT2D eigenvalue weighted by Crippen LogP contribution is 2.20. The van der Waals surface area contributed by atoms with Gasteiger partial charge >= 0.3 is 0 Å². The Bertz CT molecular complexity index is 758. The van der Waals surface area contributed by atoms with Crippen LogP contribution < -0.4 is 0 Å². The van der Waals surface area contributed by atoms with Crippen molar-refractivity contribution in [2.24, 2.45) is 0 Å². The van der Waals surface area contributed by atoms with Crippen molar-refractivity contribution in [3.63, 3.8) is 0 Å². The van der Waals surface area contributed by atoms with Crippen LogP contribution >= 0.6 is 0 Å². The van der Waals surface area contributed by atoms with Crippen LogP contribution in [0.3, 0.4) is 0 Å². The van der Waals surface area contributed by atoms with E-state index in [2.05, 4.69) is 0 Å². The maximum absolute atomic E-state index is 12.3.